The molecular formula is C14H21N3O. The minimum Gasteiger partial charge on any atom is -0.341 e. The maximum absolute atomic E-state index is 11.9. The van der Waals surface area contributed by atoms with Crippen molar-refractivity contribution in [1.29, 1.82) is 0 Å². The Labute approximate surface area is 107 Å². The van der Waals surface area contributed by atoms with Gasteiger partial charge in [-0.05, 0) is 18.8 Å². The van der Waals surface area contributed by atoms with Gasteiger partial charge in [0.2, 0.25) is 5.95 Å². The lowest BCUT2D eigenvalue weighted by Crippen LogP contribution is -2.56. The van der Waals surface area contributed by atoms with E-state index in [1.165, 1.54) is 25.7 Å². The number of aromatic amines is 1. The minimum absolute atomic E-state index is 0.0161. The van der Waals surface area contributed by atoms with Crippen LogP contribution in [0.3, 0.4) is 0 Å². The fraction of sp³-hybridized carbons (Fsp3) is 0.714. The smallest absolute Gasteiger partial charge is 0.255 e. The van der Waals surface area contributed by atoms with Gasteiger partial charge in [-0.2, -0.15) is 0 Å². The molecule has 0 atom stereocenters. The molecule has 2 fully saturated rings. The molecule has 1 aromatic heterocycles. The van der Waals surface area contributed by atoms with Crippen LogP contribution in [0.5, 0.6) is 0 Å². The Bertz CT molecular complexity index is 492. The van der Waals surface area contributed by atoms with E-state index in [0.29, 0.717) is 5.41 Å². The largest absolute Gasteiger partial charge is 0.341 e. The van der Waals surface area contributed by atoms with Crippen molar-refractivity contribution in [2.45, 2.75) is 45.4 Å². The maximum atomic E-state index is 11.9. The van der Waals surface area contributed by atoms with Crippen molar-refractivity contribution < 1.29 is 0 Å². The molecule has 0 radical (unpaired) electrons. The van der Waals surface area contributed by atoms with Crippen molar-refractivity contribution >= 4 is 5.95 Å². The van der Waals surface area contributed by atoms with Gasteiger partial charge >= 0.3 is 0 Å². The molecule has 1 saturated carbocycles. The van der Waals surface area contributed by atoms with Gasteiger partial charge in [-0.1, -0.05) is 26.7 Å². The van der Waals surface area contributed by atoms with Crippen molar-refractivity contribution in [3.05, 3.63) is 22.1 Å². The molecule has 1 aliphatic carbocycles. The molecule has 0 unspecified atom stereocenters. The van der Waals surface area contributed by atoms with Gasteiger partial charge in [-0.25, -0.2) is 4.98 Å². The van der Waals surface area contributed by atoms with E-state index in [0.717, 1.165) is 24.6 Å². The highest BCUT2D eigenvalue weighted by Crippen LogP contribution is 2.46. The lowest BCUT2D eigenvalue weighted by molar-refractivity contribution is 0.218. The third-order valence-corrected chi connectivity index (χ3v) is 4.45. The Morgan fingerprint density at radius 1 is 1.33 bits per heavy atom. The topological polar surface area (TPSA) is 49.0 Å². The summed E-state index contributed by atoms with van der Waals surface area (Å²) in [5, 5.41) is 0. The van der Waals surface area contributed by atoms with Crippen LogP contribution in [0.4, 0.5) is 5.95 Å². The first-order valence-corrected chi connectivity index (χ1v) is 6.94. The van der Waals surface area contributed by atoms with Crippen LogP contribution in [0.2, 0.25) is 0 Å². The zero-order valence-corrected chi connectivity index (χ0v) is 11.2. The van der Waals surface area contributed by atoms with Crippen LogP contribution in [0.15, 0.2) is 11.0 Å². The molecule has 3 rings (SSSR count). The first-order chi connectivity index (χ1) is 8.60. The molecule has 4 nitrogen and oxygen atoms in total. The molecule has 1 spiro atoms. The number of hydrogen-bond donors (Lipinski definition) is 1. The SMILES string of the molecule is CC(C)c1cnc(N2CC3(CCCC3)C2)[nH]c1=O. The molecule has 0 aromatic carbocycles. The predicted octanol–water partition coefficient (Wildman–Crippen LogP) is 2.27. The Morgan fingerprint density at radius 3 is 2.56 bits per heavy atom. The van der Waals surface area contributed by atoms with Crippen LogP contribution in [0, 0.1) is 5.41 Å². The average molecular weight is 247 g/mol. The van der Waals surface area contributed by atoms with Gasteiger partial charge in [0.25, 0.3) is 5.56 Å². The number of aromatic nitrogens is 2. The van der Waals surface area contributed by atoms with Crippen LogP contribution in [-0.2, 0) is 0 Å². The van der Waals surface area contributed by atoms with E-state index < -0.39 is 0 Å². The molecule has 4 heteroatoms. The summed E-state index contributed by atoms with van der Waals surface area (Å²) in [4.78, 5) is 21.5. The zero-order chi connectivity index (χ0) is 12.8. The molecule has 1 aliphatic heterocycles. The second-order valence-corrected chi connectivity index (χ2v) is 6.21. The Morgan fingerprint density at radius 2 is 2.00 bits per heavy atom. The summed E-state index contributed by atoms with van der Waals surface area (Å²) in [7, 11) is 0. The molecule has 2 heterocycles. The van der Waals surface area contributed by atoms with E-state index in [1.54, 1.807) is 6.20 Å². The number of rotatable bonds is 2. The molecule has 98 valence electrons. The average Bonchev–Trinajstić information content (AvgIpc) is 2.75. The lowest BCUT2D eigenvalue weighted by Gasteiger charge is -2.48. The fourth-order valence-electron chi connectivity index (χ4n) is 3.32. The summed E-state index contributed by atoms with van der Waals surface area (Å²) < 4.78 is 0. The third-order valence-electron chi connectivity index (χ3n) is 4.45. The summed E-state index contributed by atoms with van der Waals surface area (Å²) >= 11 is 0. The summed E-state index contributed by atoms with van der Waals surface area (Å²) in [6, 6.07) is 0. The second kappa shape index (κ2) is 4.11. The van der Waals surface area contributed by atoms with Gasteiger partial charge in [-0.3, -0.25) is 9.78 Å². The van der Waals surface area contributed by atoms with Crippen LogP contribution in [0.1, 0.15) is 51.0 Å². The summed E-state index contributed by atoms with van der Waals surface area (Å²) in [6.45, 7) is 6.17. The van der Waals surface area contributed by atoms with E-state index in [4.69, 9.17) is 0 Å². The third kappa shape index (κ3) is 1.84. The summed E-state index contributed by atoms with van der Waals surface area (Å²) in [6.07, 6.45) is 7.16. The lowest BCUT2D eigenvalue weighted by atomic mass is 9.78. The van der Waals surface area contributed by atoms with Crippen LogP contribution in [-0.4, -0.2) is 23.1 Å². The maximum Gasteiger partial charge on any atom is 0.255 e. The van der Waals surface area contributed by atoms with Gasteiger partial charge in [0.05, 0.1) is 0 Å². The van der Waals surface area contributed by atoms with Gasteiger partial charge in [0.15, 0.2) is 0 Å². The highest BCUT2D eigenvalue weighted by Gasteiger charge is 2.45. The molecule has 0 bridgehead atoms. The molecule has 0 amide bonds. The number of nitrogens with zero attached hydrogens (tertiary/aromatic N) is 2. The highest BCUT2D eigenvalue weighted by atomic mass is 16.1. The van der Waals surface area contributed by atoms with E-state index in [1.807, 2.05) is 13.8 Å². The molecule has 2 aliphatic rings. The predicted molar refractivity (Wildman–Crippen MR) is 72.1 cm³/mol. The van der Waals surface area contributed by atoms with Crippen molar-refractivity contribution in [3.63, 3.8) is 0 Å². The number of H-pyrrole nitrogens is 1. The standard InChI is InChI=1S/C14H21N3O/c1-10(2)11-7-15-13(16-12(11)18)17-8-14(9-17)5-3-4-6-14/h7,10H,3-6,8-9H2,1-2H3,(H,15,16,18). The Hall–Kier alpha value is -1.32. The van der Waals surface area contributed by atoms with E-state index in [-0.39, 0.29) is 11.5 Å². The number of anilines is 1. The molecular weight excluding hydrogens is 226 g/mol. The molecule has 1 saturated heterocycles. The van der Waals surface area contributed by atoms with Gasteiger partial charge in [0, 0.05) is 30.3 Å². The minimum atomic E-state index is 0.0161. The van der Waals surface area contributed by atoms with Crippen LogP contribution >= 0.6 is 0 Å². The second-order valence-electron chi connectivity index (χ2n) is 6.21. The fourth-order valence-corrected chi connectivity index (χ4v) is 3.32. The van der Waals surface area contributed by atoms with E-state index >= 15 is 0 Å². The van der Waals surface area contributed by atoms with Crippen molar-refractivity contribution in [2.24, 2.45) is 5.41 Å². The van der Waals surface area contributed by atoms with Crippen molar-refractivity contribution in [2.75, 3.05) is 18.0 Å². The molecule has 18 heavy (non-hydrogen) atoms. The van der Waals surface area contributed by atoms with Crippen LogP contribution in [0.25, 0.3) is 0 Å². The quantitative estimate of drug-likeness (QED) is 0.872. The number of hydrogen-bond acceptors (Lipinski definition) is 3. The monoisotopic (exact) mass is 247 g/mol. The van der Waals surface area contributed by atoms with Crippen molar-refractivity contribution in [1.82, 2.24) is 9.97 Å². The van der Waals surface area contributed by atoms with Gasteiger partial charge in [-0.15, -0.1) is 0 Å². The molecule has 1 N–H and O–H groups in total. The normalized spacial score (nSPS) is 21.6. The number of nitrogens with one attached hydrogen (secondary N) is 1. The Kier molecular flexibility index (Phi) is 2.68. The van der Waals surface area contributed by atoms with Crippen molar-refractivity contribution in [3.8, 4) is 0 Å². The molecule has 1 aromatic rings. The van der Waals surface area contributed by atoms with Crippen LogP contribution < -0.4 is 10.5 Å². The summed E-state index contributed by atoms with van der Waals surface area (Å²) in [5.74, 6) is 0.981. The zero-order valence-electron chi connectivity index (χ0n) is 11.2. The van der Waals surface area contributed by atoms with E-state index in [2.05, 4.69) is 14.9 Å². The first kappa shape index (κ1) is 11.8. The van der Waals surface area contributed by atoms with E-state index in [9.17, 15) is 4.79 Å². The van der Waals surface area contributed by atoms with Gasteiger partial charge < -0.3 is 4.90 Å². The summed E-state index contributed by atoms with van der Waals surface area (Å²) in [5.41, 5.74) is 1.33. The highest BCUT2D eigenvalue weighted by molar-refractivity contribution is 5.37. The Balaban J connectivity index is 1.75. The first-order valence-electron chi connectivity index (χ1n) is 6.94. The van der Waals surface area contributed by atoms with Gasteiger partial charge in [0.1, 0.15) is 0 Å².